The van der Waals surface area contributed by atoms with E-state index >= 15 is 0 Å². The van der Waals surface area contributed by atoms with Gasteiger partial charge in [-0.3, -0.25) is 9.48 Å². The number of nitrogens with zero attached hydrogens (tertiary/aromatic N) is 4. The third-order valence-electron chi connectivity index (χ3n) is 5.73. The van der Waals surface area contributed by atoms with Crippen LogP contribution in [0.4, 0.5) is 5.82 Å². The van der Waals surface area contributed by atoms with E-state index in [1.807, 2.05) is 41.1 Å². The third kappa shape index (κ3) is 3.64. The predicted octanol–water partition coefficient (Wildman–Crippen LogP) is 3.00. The average molecular weight is 417 g/mol. The van der Waals surface area contributed by atoms with Gasteiger partial charge in [0.1, 0.15) is 17.0 Å². The molecule has 158 valence electrons. The van der Waals surface area contributed by atoms with Crippen LogP contribution < -0.4 is 21.8 Å². The van der Waals surface area contributed by atoms with Crippen molar-refractivity contribution in [3.63, 3.8) is 0 Å². The van der Waals surface area contributed by atoms with Gasteiger partial charge < -0.3 is 16.2 Å². The van der Waals surface area contributed by atoms with Gasteiger partial charge in [0.25, 0.3) is 5.56 Å². The monoisotopic (exact) mass is 417 g/mol. The summed E-state index contributed by atoms with van der Waals surface area (Å²) in [7, 11) is 0. The molecule has 9 heteroatoms. The summed E-state index contributed by atoms with van der Waals surface area (Å²) in [5.74, 6) is 1.41. The molecule has 5 N–H and O–H groups in total. The van der Waals surface area contributed by atoms with E-state index in [2.05, 4.69) is 15.2 Å². The number of ether oxygens (including phenoxy) is 1. The van der Waals surface area contributed by atoms with Crippen molar-refractivity contribution >= 4 is 16.7 Å². The highest BCUT2D eigenvalue weighted by molar-refractivity contribution is 5.99. The van der Waals surface area contributed by atoms with Gasteiger partial charge in [-0.2, -0.15) is 10.2 Å². The number of aromatic amines is 1. The van der Waals surface area contributed by atoms with E-state index in [-0.39, 0.29) is 23.5 Å². The van der Waals surface area contributed by atoms with E-state index in [0.717, 1.165) is 31.2 Å². The first kappa shape index (κ1) is 19.3. The molecule has 0 atom stereocenters. The van der Waals surface area contributed by atoms with Crippen LogP contribution in [0.25, 0.3) is 22.2 Å². The van der Waals surface area contributed by atoms with Crippen LogP contribution in [-0.2, 0) is 0 Å². The molecule has 31 heavy (non-hydrogen) atoms. The van der Waals surface area contributed by atoms with Crippen molar-refractivity contribution in [1.82, 2.24) is 25.0 Å². The molecule has 0 bridgehead atoms. The topological polar surface area (TPSA) is 138 Å². The van der Waals surface area contributed by atoms with Crippen molar-refractivity contribution in [3.8, 4) is 22.9 Å². The number of fused-ring (bicyclic) bond motifs is 1. The quantitative estimate of drug-likeness (QED) is 0.464. The van der Waals surface area contributed by atoms with Crippen molar-refractivity contribution in [2.75, 3.05) is 5.73 Å². The van der Waals surface area contributed by atoms with E-state index in [1.165, 1.54) is 0 Å². The number of hydrogen-bond acceptors (Lipinski definition) is 7. The van der Waals surface area contributed by atoms with Crippen LogP contribution in [0.2, 0.25) is 0 Å². The highest BCUT2D eigenvalue weighted by Gasteiger charge is 2.26. The minimum atomic E-state index is -0.298. The summed E-state index contributed by atoms with van der Waals surface area (Å²) < 4.78 is 7.58. The second-order valence-electron chi connectivity index (χ2n) is 7.82. The Bertz CT molecular complexity index is 1260. The molecular weight excluding hydrogens is 394 g/mol. The van der Waals surface area contributed by atoms with Gasteiger partial charge in [-0.15, -0.1) is 0 Å². The van der Waals surface area contributed by atoms with E-state index in [1.54, 1.807) is 12.3 Å². The molecule has 4 aromatic rings. The van der Waals surface area contributed by atoms with Crippen molar-refractivity contribution in [1.29, 1.82) is 0 Å². The highest BCUT2D eigenvalue weighted by Crippen LogP contribution is 2.35. The molecule has 1 aliphatic carbocycles. The number of benzene rings is 1. The number of pyridine rings is 1. The van der Waals surface area contributed by atoms with Crippen molar-refractivity contribution in [2.24, 2.45) is 5.73 Å². The van der Waals surface area contributed by atoms with Gasteiger partial charge >= 0.3 is 0 Å². The zero-order valence-electron chi connectivity index (χ0n) is 16.9. The lowest BCUT2D eigenvalue weighted by molar-refractivity contribution is 0.311. The van der Waals surface area contributed by atoms with Crippen LogP contribution in [0.5, 0.6) is 11.6 Å². The van der Waals surface area contributed by atoms with E-state index < -0.39 is 0 Å². The summed E-state index contributed by atoms with van der Waals surface area (Å²) in [5.41, 5.74) is 13.8. The van der Waals surface area contributed by atoms with E-state index in [0.29, 0.717) is 28.2 Å². The third-order valence-corrected chi connectivity index (χ3v) is 5.73. The van der Waals surface area contributed by atoms with Crippen molar-refractivity contribution in [2.45, 2.75) is 37.8 Å². The lowest BCUT2D eigenvalue weighted by atomic mass is 9.92. The number of nitrogens with one attached hydrogen (secondary N) is 1. The first-order chi connectivity index (χ1) is 15.1. The lowest BCUT2D eigenvalue weighted by Crippen LogP contribution is -2.29. The summed E-state index contributed by atoms with van der Waals surface area (Å²) >= 11 is 0. The van der Waals surface area contributed by atoms with Crippen LogP contribution in [0.1, 0.15) is 31.7 Å². The molecule has 0 amide bonds. The summed E-state index contributed by atoms with van der Waals surface area (Å²) in [6.45, 7) is 0. The first-order valence-corrected chi connectivity index (χ1v) is 10.3. The Morgan fingerprint density at radius 2 is 1.84 bits per heavy atom. The van der Waals surface area contributed by atoms with Gasteiger partial charge in [0.05, 0.1) is 11.4 Å². The van der Waals surface area contributed by atoms with Crippen LogP contribution in [0, 0.1) is 0 Å². The fourth-order valence-corrected chi connectivity index (χ4v) is 4.14. The predicted molar refractivity (Wildman–Crippen MR) is 118 cm³/mol. The Balaban J connectivity index is 1.55. The Morgan fingerprint density at radius 1 is 1.06 bits per heavy atom. The van der Waals surface area contributed by atoms with E-state index in [9.17, 15) is 4.79 Å². The van der Waals surface area contributed by atoms with Gasteiger partial charge in [0.15, 0.2) is 5.82 Å². The summed E-state index contributed by atoms with van der Waals surface area (Å²) in [6.07, 6.45) is 5.22. The van der Waals surface area contributed by atoms with E-state index in [4.69, 9.17) is 21.3 Å². The SMILES string of the molecule is Nc1n[nH]c(=O)c2c1c(-c1ccc(Oc3ccccn3)cc1)nn2[C@H]1CC[C@@H](N)CC1. The molecule has 1 fully saturated rings. The summed E-state index contributed by atoms with van der Waals surface area (Å²) in [5, 5.41) is 11.9. The molecule has 1 saturated carbocycles. The molecule has 9 nitrogen and oxygen atoms in total. The summed E-state index contributed by atoms with van der Waals surface area (Å²) in [6, 6.07) is 13.2. The highest BCUT2D eigenvalue weighted by atomic mass is 16.5. The molecular formula is C22H23N7O2. The average Bonchev–Trinajstić information content (AvgIpc) is 3.20. The maximum Gasteiger partial charge on any atom is 0.290 e. The smallest absolute Gasteiger partial charge is 0.290 e. The standard InChI is InChI=1S/C22H23N7O2/c23-14-6-8-15(9-7-14)29-20-18(21(24)26-27-22(20)30)19(28-29)13-4-10-16(11-5-13)31-17-3-1-2-12-25-17/h1-5,10-12,14-15H,6-9,23H2,(H2,24,26)(H,27,30)/t14-,15+. The molecule has 0 unspecified atom stereocenters. The normalized spacial score (nSPS) is 18.9. The molecule has 0 saturated heterocycles. The number of anilines is 1. The molecule has 5 rings (SSSR count). The van der Waals surface area contributed by atoms with Gasteiger partial charge in [-0.05, 0) is 56.0 Å². The number of hydrogen-bond donors (Lipinski definition) is 3. The lowest BCUT2D eigenvalue weighted by Gasteiger charge is -2.26. The Morgan fingerprint density at radius 3 is 2.55 bits per heavy atom. The number of H-pyrrole nitrogens is 1. The van der Waals surface area contributed by atoms with Gasteiger partial charge in [-0.1, -0.05) is 6.07 Å². The number of aromatic nitrogens is 5. The molecule has 0 aliphatic heterocycles. The molecule has 3 heterocycles. The number of nitrogen functional groups attached to an aromatic ring is 1. The van der Waals surface area contributed by atoms with Crippen molar-refractivity contribution in [3.05, 3.63) is 59.0 Å². The first-order valence-electron chi connectivity index (χ1n) is 10.3. The minimum absolute atomic E-state index is 0.103. The second-order valence-corrected chi connectivity index (χ2v) is 7.82. The maximum absolute atomic E-state index is 12.7. The maximum atomic E-state index is 12.7. The molecule has 3 aromatic heterocycles. The molecule has 1 aliphatic rings. The van der Waals surface area contributed by atoms with Gasteiger partial charge in [0.2, 0.25) is 5.88 Å². The van der Waals surface area contributed by atoms with Crippen LogP contribution in [-0.4, -0.2) is 31.0 Å². The molecule has 0 spiro atoms. The second kappa shape index (κ2) is 7.84. The Labute approximate surface area is 178 Å². The zero-order chi connectivity index (χ0) is 21.4. The molecule has 1 aromatic carbocycles. The van der Waals surface area contributed by atoms with Gasteiger partial charge in [0, 0.05) is 23.9 Å². The van der Waals surface area contributed by atoms with Crippen LogP contribution in [0.15, 0.2) is 53.5 Å². The number of rotatable bonds is 4. The van der Waals surface area contributed by atoms with Crippen molar-refractivity contribution < 1.29 is 4.74 Å². The minimum Gasteiger partial charge on any atom is -0.439 e. The largest absolute Gasteiger partial charge is 0.439 e. The fraction of sp³-hybridized carbons (Fsp3) is 0.273. The summed E-state index contributed by atoms with van der Waals surface area (Å²) in [4.78, 5) is 16.8. The zero-order valence-corrected chi connectivity index (χ0v) is 16.9. The fourth-order valence-electron chi connectivity index (χ4n) is 4.14. The van der Waals surface area contributed by atoms with Crippen LogP contribution >= 0.6 is 0 Å². The Hall–Kier alpha value is -3.72. The van der Waals surface area contributed by atoms with Gasteiger partial charge in [-0.25, -0.2) is 10.1 Å². The Kier molecular flexibility index (Phi) is 4.87. The van der Waals surface area contributed by atoms with Crippen LogP contribution in [0.3, 0.4) is 0 Å². The molecule has 0 radical (unpaired) electrons. The number of nitrogens with two attached hydrogens (primary N) is 2.